The fourth-order valence-electron chi connectivity index (χ4n) is 2.50. The maximum atomic E-state index is 11.3. The van der Waals surface area contributed by atoms with Crippen LogP contribution in [0.4, 0.5) is 5.69 Å². The average Bonchev–Trinajstić information content (AvgIpc) is 3.05. The maximum Gasteiger partial charge on any atom is 0.269 e. The second-order valence-corrected chi connectivity index (χ2v) is 5.79. The molecule has 0 radical (unpaired) electrons. The summed E-state index contributed by atoms with van der Waals surface area (Å²) in [5, 5.41) is 21.3. The molecule has 0 bridgehead atoms. The van der Waals surface area contributed by atoms with E-state index in [-0.39, 0.29) is 23.8 Å². The van der Waals surface area contributed by atoms with Gasteiger partial charge < -0.3 is 19.6 Å². The first-order valence-corrected chi connectivity index (χ1v) is 7.60. The molecule has 1 aromatic carbocycles. The summed E-state index contributed by atoms with van der Waals surface area (Å²) in [5.74, 6) is 0.0882. The number of aromatic amines is 1. The standard InChI is InChI=1S/C17H20N2O5/c1-11(10-12(2)20)16(21)17(15-4-3-9-18-15)24-14-7-5-13(6-8-14)19(22)23/h3-9,11,16-18,21H,10H2,1-2H3. The van der Waals surface area contributed by atoms with Crippen molar-refractivity contribution in [2.24, 2.45) is 5.92 Å². The number of non-ortho nitro benzene ring substituents is 1. The first kappa shape index (κ1) is 17.7. The lowest BCUT2D eigenvalue weighted by Crippen LogP contribution is -2.31. The molecule has 7 heteroatoms. The molecule has 0 aliphatic carbocycles. The average molecular weight is 332 g/mol. The number of ketones is 1. The van der Waals surface area contributed by atoms with E-state index in [1.165, 1.54) is 31.2 Å². The Kier molecular flexibility index (Phi) is 5.70. The van der Waals surface area contributed by atoms with Gasteiger partial charge in [-0.3, -0.25) is 10.1 Å². The second kappa shape index (κ2) is 7.74. The van der Waals surface area contributed by atoms with Gasteiger partial charge in [0.05, 0.1) is 16.7 Å². The summed E-state index contributed by atoms with van der Waals surface area (Å²) in [6, 6.07) is 9.20. The molecule has 24 heavy (non-hydrogen) atoms. The highest BCUT2D eigenvalue weighted by Crippen LogP contribution is 2.29. The molecule has 128 valence electrons. The number of nitrogens with one attached hydrogen (secondary N) is 1. The summed E-state index contributed by atoms with van der Waals surface area (Å²) in [7, 11) is 0. The molecule has 3 unspecified atom stereocenters. The molecule has 1 aromatic heterocycles. The molecule has 7 nitrogen and oxygen atoms in total. The van der Waals surface area contributed by atoms with E-state index >= 15 is 0 Å². The quantitative estimate of drug-likeness (QED) is 0.571. The van der Waals surface area contributed by atoms with Gasteiger partial charge in [0, 0.05) is 24.8 Å². The zero-order valence-electron chi connectivity index (χ0n) is 13.5. The highest BCUT2D eigenvalue weighted by Gasteiger charge is 2.29. The van der Waals surface area contributed by atoms with Gasteiger partial charge in [0.2, 0.25) is 0 Å². The lowest BCUT2D eigenvalue weighted by molar-refractivity contribution is -0.384. The Balaban J connectivity index is 2.20. The second-order valence-electron chi connectivity index (χ2n) is 5.79. The molecule has 2 N–H and O–H groups in total. The highest BCUT2D eigenvalue weighted by atomic mass is 16.6. The van der Waals surface area contributed by atoms with Crippen molar-refractivity contribution in [3.8, 4) is 5.75 Å². The predicted molar refractivity (Wildman–Crippen MR) is 87.7 cm³/mol. The Labute approximate surface area is 139 Å². The van der Waals surface area contributed by atoms with E-state index in [0.717, 1.165) is 0 Å². The van der Waals surface area contributed by atoms with Crippen LogP contribution >= 0.6 is 0 Å². The van der Waals surface area contributed by atoms with Crippen molar-refractivity contribution in [3.05, 3.63) is 58.4 Å². The van der Waals surface area contributed by atoms with Crippen molar-refractivity contribution in [1.82, 2.24) is 4.98 Å². The third-order valence-corrected chi connectivity index (χ3v) is 3.74. The third kappa shape index (κ3) is 4.42. The zero-order chi connectivity index (χ0) is 17.7. The minimum absolute atomic E-state index is 0.0119. The Hall–Kier alpha value is -2.67. The number of aromatic nitrogens is 1. The summed E-state index contributed by atoms with van der Waals surface area (Å²) < 4.78 is 5.84. The predicted octanol–water partition coefficient (Wildman–Crippen LogP) is 3.02. The number of aliphatic hydroxyl groups is 1. The summed E-state index contributed by atoms with van der Waals surface area (Å²) >= 11 is 0. The largest absolute Gasteiger partial charge is 0.481 e. The van der Waals surface area contributed by atoms with Gasteiger partial charge in [0.25, 0.3) is 5.69 Å². The fraction of sp³-hybridized carbons (Fsp3) is 0.353. The number of hydrogen-bond donors (Lipinski definition) is 2. The zero-order valence-corrected chi connectivity index (χ0v) is 13.5. The topological polar surface area (TPSA) is 105 Å². The van der Waals surface area contributed by atoms with E-state index in [1.807, 2.05) is 0 Å². The van der Waals surface area contributed by atoms with Gasteiger partial charge in [0.15, 0.2) is 6.10 Å². The van der Waals surface area contributed by atoms with Crippen molar-refractivity contribution < 1.29 is 19.6 Å². The van der Waals surface area contributed by atoms with Crippen molar-refractivity contribution >= 4 is 11.5 Å². The number of carbonyl (C=O) groups is 1. The normalized spacial score (nSPS) is 14.6. The molecule has 2 rings (SSSR count). The van der Waals surface area contributed by atoms with E-state index in [1.54, 1.807) is 25.3 Å². The first-order valence-electron chi connectivity index (χ1n) is 7.60. The van der Waals surface area contributed by atoms with E-state index in [2.05, 4.69) is 4.98 Å². The van der Waals surface area contributed by atoms with Gasteiger partial charge in [-0.2, -0.15) is 0 Å². The lowest BCUT2D eigenvalue weighted by Gasteiger charge is -2.27. The number of benzene rings is 1. The van der Waals surface area contributed by atoms with E-state index in [0.29, 0.717) is 11.4 Å². The van der Waals surface area contributed by atoms with Gasteiger partial charge >= 0.3 is 0 Å². The SMILES string of the molecule is CC(=O)CC(C)C(O)C(Oc1ccc([N+](=O)[O-])cc1)c1ccc[nH]1. The van der Waals surface area contributed by atoms with Crippen molar-refractivity contribution in [1.29, 1.82) is 0 Å². The number of nitrogens with zero attached hydrogens (tertiary/aromatic N) is 1. The molecule has 1 heterocycles. The summed E-state index contributed by atoms with van der Waals surface area (Å²) in [6.07, 6.45) is 0.324. The first-order chi connectivity index (χ1) is 11.4. The van der Waals surface area contributed by atoms with Crippen LogP contribution < -0.4 is 4.74 Å². The third-order valence-electron chi connectivity index (χ3n) is 3.74. The number of nitro groups is 1. The molecule has 0 aliphatic rings. The van der Waals surface area contributed by atoms with Crippen LogP contribution in [0.15, 0.2) is 42.6 Å². The van der Waals surface area contributed by atoms with Crippen LogP contribution in [0.2, 0.25) is 0 Å². The monoisotopic (exact) mass is 332 g/mol. The number of carbonyl (C=O) groups excluding carboxylic acids is 1. The summed E-state index contributed by atoms with van der Waals surface area (Å²) in [4.78, 5) is 24.5. The Bertz CT molecular complexity index is 682. The number of nitro benzene ring substituents is 1. The Morgan fingerprint density at radius 1 is 1.33 bits per heavy atom. The number of H-pyrrole nitrogens is 1. The molecule has 0 saturated heterocycles. The number of ether oxygens (including phenoxy) is 1. The van der Waals surface area contributed by atoms with E-state index in [4.69, 9.17) is 4.74 Å². The van der Waals surface area contributed by atoms with Gasteiger partial charge in [-0.25, -0.2) is 0 Å². The summed E-state index contributed by atoms with van der Waals surface area (Å²) in [5.41, 5.74) is 0.625. The van der Waals surface area contributed by atoms with E-state index in [9.17, 15) is 20.0 Å². The Morgan fingerprint density at radius 2 is 2.00 bits per heavy atom. The lowest BCUT2D eigenvalue weighted by atomic mass is 9.93. The van der Waals surface area contributed by atoms with Crippen LogP contribution in [0.3, 0.4) is 0 Å². The number of rotatable bonds is 8. The minimum Gasteiger partial charge on any atom is -0.481 e. The fourth-order valence-corrected chi connectivity index (χ4v) is 2.50. The van der Waals surface area contributed by atoms with Crippen LogP contribution in [-0.2, 0) is 4.79 Å². The number of Topliss-reactive ketones (excluding diaryl/α,β-unsaturated/α-hetero) is 1. The number of hydrogen-bond acceptors (Lipinski definition) is 5. The smallest absolute Gasteiger partial charge is 0.269 e. The molecule has 0 saturated carbocycles. The van der Waals surface area contributed by atoms with Gasteiger partial charge in [-0.05, 0) is 37.1 Å². The molecular weight excluding hydrogens is 312 g/mol. The highest BCUT2D eigenvalue weighted by molar-refractivity contribution is 5.75. The van der Waals surface area contributed by atoms with Crippen molar-refractivity contribution in [2.45, 2.75) is 32.5 Å². The molecule has 2 aromatic rings. The van der Waals surface area contributed by atoms with Crippen LogP contribution in [0.5, 0.6) is 5.75 Å². The molecule has 3 atom stereocenters. The van der Waals surface area contributed by atoms with Crippen LogP contribution in [0.1, 0.15) is 32.1 Å². The number of aliphatic hydroxyl groups excluding tert-OH is 1. The molecular formula is C17H20N2O5. The van der Waals surface area contributed by atoms with Crippen LogP contribution in [-0.4, -0.2) is 26.9 Å². The molecule has 0 aliphatic heterocycles. The van der Waals surface area contributed by atoms with Gasteiger partial charge in [0.1, 0.15) is 11.5 Å². The summed E-state index contributed by atoms with van der Waals surface area (Å²) in [6.45, 7) is 3.26. The van der Waals surface area contributed by atoms with Crippen molar-refractivity contribution in [3.63, 3.8) is 0 Å². The van der Waals surface area contributed by atoms with Gasteiger partial charge in [-0.1, -0.05) is 6.92 Å². The van der Waals surface area contributed by atoms with E-state index < -0.39 is 17.1 Å². The molecule has 0 amide bonds. The maximum absolute atomic E-state index is 11.3. The molecule has 0 spiro atoms. The van der Waals surface area contributed by atoms with Crippen LogP contribution in [0.25, 0.3) is 0 Å². The van der Waals surface area contributed by atoms with Crippen LogP contribution in [0, 0.1) is 16.0 Å². The minimum atomic E-state index is -0.914. The van der Waals surface area contributed by atoms with Crippen molar-refractivity contribution in [2.75, 3.05) is 0 Å². The molecule has 0 fully saturated rings. The Morgan fingerprint density at radius 3 is 2.50 bits per heavy atom. The van der Waals surface area contributed by atoms with Gasteiger partial charge in [-0.15, -0.1) is 0 Å².